The number of hydrogen-bond donors (Lipinski definition) is 1. The van der Waals surface area contributed by atoms with Crippen molar-refractivity contribution in [2.45, 2.75) is 13.3 Å². The van der Waals surface area contributed by atoms with Gasteiger partial charge in [0.05, 0.1) is 0 Å². The zero-order valence-corrected chi connectivity index (χ0v) is 8.81. The number of hydrogen-bond acceptors (Lipinski definition) is 1. The Hall–Kier alpha value is -0.292. The van der Waals surface area contributed by atoms with Gasteiger partial charge < -0.3 is 5.11 Å². The molecule has 0 saturated heterocycles. The van der Waals surface area contributed by atoms with Crippen molar-refractivity contribution in [3.8, 4) is 5.75 Å². The number of phenols is 1. The molecule has 0 aliphatic heterocycles. The van der Waals surface area contributed by atoms with E-state index in [-0.39, 0.29) is 21.1 Å². The summed E-state index contributed by atoms with van der Waals surface area (Å²) >= 11 is 0. The molecule has 0 aliphatic carbocycles. The molecule has 10 heavy (non-hydrogen) atoms. The summed E-state index contributed by atoms with van der Waals surface area (Å²) in [6.07, 6.45) is 0.896. The maximum absolute atomic E-state index is 9.11. The molecule has 0 spiro atoms. The molecule has 2 heteroatoms. The standard InChI is InChI=1S/C8H10O.W/c1-2-7-5-3-4-6-8(7)9;/h3-6,9H,2H2,1H3;. The molecule has 1 N–H and O–H groups in total. The van der Waals surface area contributed by atoms with Crippen LogP contribution in [0.15, 0.2) is 24.3 Å². The van der Waals surface area contributed by atoms with Gasteiger partial charge in [-0.05, 0) is 18.1 Å². The first-order chi connectivity index (χ1) is 4.34. The Bertz CT molecular complexity index is 198. The van der Waals surface area contributed by atoms with Crippen LogP contribution in [0.3, 0.4) is 0 Å². The van der Waals surface area contributed by atoms with Crippen LogP contribution in [0.2, 0.25) is 0 Å². The molecule has 0 radical (unpaired) electrons. The van der Waals surface area contributed by atoms with E-state index in [9.17, 15) is 0 Å². The van der Waals surface area contributed by atoms with Crippen LogP contribution in [-0.4, -0.2) is 5.11 Å². The molecule has 1 aromatic rings. The first-order valence-electron chi connectivity index (χ1n) is 3.11. The molecule has 0 saturated carbocycles. The van der Waals surface area contributed by atoms with Gasteiger partial charge in [-0.2, -0.15) is 0 Å². The van der Waals surface area contributed by atoms with Crippen LogP contribution in [0.5, 0.6) is 5.75 Å². The van der Waals surface area contributed by atoms with Crippen molar-refractivity contribution in [1.82, 2.24) is 0 Å². The number of aryl methyl sites for hydroxylation is 1. The third-order valence-corrected chi connectivity index (χ3v) is 1.37. The first-order valence-corrected chi connectivity index (χ1v) is 3.11. The fourth-order valence-electron chi connectivity index (χ4n) is 0.810. The van der Waals surface area contributed by atoms with E-state index in [1.165, 1.54) is 0 Å². The summed E-state index contributed by atoms with van der Waals surface area (Å²) in [5.41, 5.74) is 1.01. The predicted molar refractivity (Wildman–Crippen MR) is 37.5 cm³/mol. The van der Waals surface area contributed by atoms with E-state index in [0.29, 0.717) is 5.75 Å². The second-order valence-electron chi connectivity index (χ2n) is 1.98. The minimum atomic E-state index is 0. The summed E-state index contributed by atoms with van der Waals surface area (Å²) in [7, 11) is 0. The Morgan fingerprint density at radius 2 is 1.90 bits per heavy atom. The Morgan fingerprint density at radius 3 is 2.30 bits per heavy atom. The van der Waals surface area contributed by atoms with Gasteiger partial charge in [0.25, 0.3) is 0 Å². The van der Waals surface area contributed by atoms with Gasteiger partial charge >= 0.3 is 0 Å². The van der Waals surface area contributed by atoms with Crippen LogP contribution in [0, 0.1) is 0 Å². The number of rotatable bonds is 1. The SMILES string of the molecule is CCc1ccccc1O.[W]. The Labute approximate surface area is 75.3 Å². The first kappa shape index (κ1) is 9.71. The van der Waals surface area contributed by atoms with Crippen LogP contribution in [0.4, 0.5) is 0 Å². The summed E-state index contributed by atoms with van der Waals surface area (Å²) < 4.78 is 0. The van der Waals surface area contributed by atoms with E-state index >= 15 is 0 Å². The smallest absolute Gasteiger partial charge is 0.118 e. The van der Waals surface area contributed by atoms with Crippen LogP contribution in [-0.2, 0) is 27.5 Å². The van der Waals surface area contributed by atoms with Gasteiger partial charge in [-0.3, -0.25) is 0 Å². The molecule has 0 bridgehead atoms. The van der Waals surface area contributed by atoms with E-state index in [1.807, 2.05) is 25.1 Å². The maximum Gasteiger partial charge on any atom is 0.118 e. The van der Waals surface area contributed by atoms with Gasteiger partial charge in [0.2, 0.25) is 0 Å². The van der Waals surface area contributed by atoms with E-state index in [1.54, 1.807) is 6.07 Å². The van der Waals surface area contributed by atoms with E-state index < -0.39 is 0 Å². The molecule has 1 nitrogen and oxygen atoms in total. The largest absolute Gasteiger partial charge is 0.508 e. The van der Waals surface area contributed by atoms with Crippen molar-refractivity contribution in [2.75, 3.05) is 0 Å². The van der Waals surface area contributed by atoms with Gasteiger partial charge in [-0.25, -0.2) is 0 Å². The average Bonchev–Trinajstić information content (AvgIpc) is 1.89. The molecule has 0 unspecified atom stereocenters. The molecule has 0 atom stereocenters. The van der Waals surface area contributed by atoms with Gasteiger partial charge in [-0.15, -0.1) is 0 Å². The molecule has 0 amide bonds. The fraction of sp³-hybridized carbons (Fsp3) is 0.250. The molecule has 54 valence electrons. The summed E-state index contributed by atoms with van der Waals surface area (Å²) in [5, 5.41) is 9.11. The maximum atomic E-state index is 9.11. The average molecular weight is 306 g/mol. The van der Waals surface area contributed by atoms with Crippen molar-refractivity contribution in [3.63, 3.8) is 0 Å². The van der Waals surface area contributed by atoms with Crippen molar-refractivity contribution < 1.29 is 26.2 Å². The van der Waals surface area contributed by atoms with Crippen LogP contribution >= 0.6 is 0 Å². The summed E-state index contributed by atoms with van der Waals surface area (Å²) in [4.78, 5) is 0. The molecular weight excluding hydrogens is 296 g/mol. The zero-order valence-electron chi connectivity index (χ0n) is 5.87. The van der Waals surface area contributed by atoms with Gasteiger partial charge in [0.1, 0.15) is 5.75 Å². The minimum absolute atomic E-state index is 0. The summed E-state index contributed by atoms with van der Waals surface area (Å²) in [5.74, 6) is 0.403. The van der Waals surface area contributed by atoms with Gasteiger partial charge in [0.15, 0.2) is 0 Å². The number of aromatic hydroxyl groups is 1. The van der Waals surface area contributed by atoms with Crippen molar-refractivity contribution in [1.29, 1.82) is 0 Å². The predicted octanol–water partition coefficient (Wildman–Crippen LogP) is 1.95. The number of benzene rings is 1. The molecule has 0 aliphatic rings. The minimum Gasteiger partial charge on any atom is -0.508 e. The molecule has 0 heterocycles. The quantitative estimate of drug-likeness (QED) is 0.841. The Morgan fingerprint density at radius 1 is 1.30 bits per heavy atom. The normalized spacial score (nSPS) is 8.50. The van der Waals surface area contributed by atoms with E-state index in [2.05, 4.69) is 0 Å². The number of phenolic OH excluding ortho intramolecular Hbond substituents is 1. The van der Waals surface area contributed by atoms with Crippen LogP contribution in [0.1, 0.15) is 12.5 Å². The molecular formula is C8H10OW. The number of para-hydroxylation sites is 1. The van der Waals surface area contributed by atoms with Crippen molar-refractivity contribution in [2.24, 2.45) is 0 Å². The second-order valence-corrected chi connectivity index (χ2v) is 1.98. The molecule has 0 fully saturated rings. The van der Waals surface area contributed by atoms with E-state index in [0.717, 1.165) is 12.0 Å². The Balaban J connectivity index is 0.000000810. The molecule has 1 rings (SSSR count). The van der Waals surface area contributed by atoms with Crippen LogP contribution in [0.25, 0.3) is 0 Å². The van der Waals surface area contributed by atoms with E-state index in [4.69, 9.17) is 5.11 Å². The van der Waals surface area contributed by atoms with Gasteiger partial charge in [0, 0.05) is 21.1 Å². The zero-order chi connectivity index (χ0) is 6.69. The monoisotopic (exact) mass is 306 g/mol. The second kappa shape index (κ2) is 4.51. The fourth-order valence-corrected chi connectivity index (χ4v) is 0.810. The topological polar surface area (TPSA) is 20.2 Å². The summed E-state index contributed by atoms with van der Waals surface area (Å²) in [6.45, 7) is 2.02. The van der Waals surface area contributed by atoms with Crippen molar-refractivity contribution in [3.05, 3.63) is 29.8 Å². The molecule has 1 aromatic carbocycles. The van der Waals surface area contributed by atoms with Crippen molar-refractivity contribution >= 4 is 0 Å². The Kier molecular flexibility index (Phi) is 4.38. The third-order valence-electron chi connectivity index (χ3n) is 1.37. The molecule has 0 aromatic heterocycles. The summed E-state index contributed by atoms with van der Waals surface area (Å²) in [6, 6.07) is 7.39. The third kappa shape index (κ3) is 2.15. The van der Waals surface area contributed by atoms with Gasteiger partial charge in [-0.1, -0.05) is 25.1 Å². The van der Waals surface area contributed by atoms with Crippen LogP contribution < -0.4 is 0 Å².